The molecule has 0 saturated carbocycles. The Kier molecular flexibility index (Phi) is 19.0. The summed E-state index contributed by atoms with van der Waals surface area (Å²) in [6, 6.07) is 8.16. The Morgan fingerprint density at radius 3 is 1.98 bits per heavy atom. The lowest BCUT2D eigenvalue weighted by molar-refractivity contribution is -0.929. The molecule has 0 spiro atoms. The zero-order chi connectivity index (χ0) is 38.6. The van der Waals surface area contributed by atoms with Gasteiger partial charge in [-0.15, -0.1) is 11.8 Å². The number of piperazine rings is 1. The predicted molar refractivity (Wildman–Crippen MR) is 217 cm³/mol. The Labute approximate surface area is 328 Å². The van der Waals surface area contributed by atoms with E-state index in [-0.39, 0.29) is 31.9 Å². The zero-order valence-corrected chi connectivity index (χ0v) is 34.4. The number of nitrogens with one attached hydrogen (secondary N) is 1. The molecule has 3 aliphatic rings. The summed E-state index contributed by atoms with van der Waals surface area (Å²) in [6.07, 6.45) is 15.2. The van der Waals surface area contributed by atoms with Crippen molar-refractivity contribution in [2.75, 3.05) is 58.5 Å². The molecule has 0 radical (unpaired) electrons. The number of anilines is 1. The van der Waals surface area contributed by atoms with Crippen LogP contribution in [0, 0.1) is 0 Å². The topological polar surface area (TPSA) is 116 Å². The summed E-state index contributed by atoms with van der Waals surface area (Å²) in [5.41, 5.74) is 3.22. The van der Waals surface area contributed by atoms with Crippen molar-refractivity contribution in [2.45, 2.75) is 141 Å². The largest absolute Gasteiger partial charge is 0.513 e. The first-order valence-electron chi connectivity index (χ1n) is 20.8. The van der Waals surface area contributed by atoms with E-state index in [1.54, 1.807) is 0 Å². The van der Waals surface area contributed by atoms with Gasteiger partial charge in [-0.3, -0.25) is 14.1 Å². The number of ether oxygens (including phenoxy) is 4. The first-order valence-corrected chi connectivity index (χ1v) is 21.7. The number of unbranched alkanes of at least 4 members (excludes halogenated alkanes) is 12. The number of carbonyl (C=O) groups excluding carboxylic acids is 3. The quantitative estimate of drug-likeness (QED) is 0.0499. The van der Waals surface area contributed by atoms with Crippen LogP contribution in [0.15, 0.2) is 39.9 Å². The molecule has 4 rings (SSSR count). The number of hydrogen-bond donors (Lipinski definition) is 1. The van der Waals surface area contributed by atoms with Gasteiger partial charge in [-0.2, -0.15) is 0 Å². The number of hydrogen-bond acceptors (Lipinski definition) is 11. The standard InChI is InChI=1S/C42H67N4O7S/c1-5-7-9-11-13-15-17-23-38(47)50-30-34(31-51-39(48)24-18-16-14-12-10-8-6-2)53-42(49)52-32-46(4)27-25-45(26-28-46)40-35-29-33(3)54-41(35)44-37-22-20-19-21-36(37)43-40/h19-22,33-34,44H,5-18,23-32H2,1-4H3/q+1. The van der Waals surface area contributed by atoms with E-state index in [9.17, 15) is 14.4 Å². The van der Waals surface area contributed by atoms with E-state index in [1.165, 1.54) is 62.0 Å². The number of nitrogens with zero attached hydrogens (tertiary/aromatic N) is 3. The monoisotopic (exact) mass is 771 g/mol. The van der Waals surface area contributed by atoms with E-state index >= 15 is 0 Å². The molecule has 11 nitrogen and oxygen atoms in total. The van der Waals surface area contributed by atoms with E-state index < -0.39 is 12.3 Å². The lowest BCUT2D eigenvalue weighted by atomic mass is 10.1. The molecular formula is C42H67N4O7S+. The number of amidine groups is 1. The first-order chi connectivity index (χ1) is 26.2. The summed E-state index contributed by atoms with van der Waals surface area (Å²) in [5.74, 6) is 0.334. The van der Waals surface area contributed by atoms with Gasteiger partial charge in [0.1, 0.15) is 19.0 Å². The SMILES string of the molecule is CCCCCCCCCC(=O)OCC(COC(=O)CCCCCCCCC)OC(=O)OC[N+]1(C)CCN(C2=Nc3ccccc3NC3=C2CC(C)S3)CC1. The fraction of sp³-hybridized carbons (Fsp3) is 0.714. The van der Waals surface area contributed by atoms with E-state index in [0.717, 1.165) is 88.3 Å². The summed E-state index contributed by atoms with van der Waals surface area (Å²) in [4.78, 5) is 45.6. The number of benzene rings is 1. The molecular weight excluding hydrogens is 705 g/mol. The van der Waals surface area contributed by atoms with E-state index in [0.29, 0.717) is 22.6 Å². The van der Waals surface area contributed by atoms with E-state index in [2.05, 4.69) is 44.1 Å². The zero-order valence-electron chi connectivity index (χ0n) is 33.5. The van der Waals surface area contributed by atoms with Gasteiger partial charge in [0.05, 0.1) is 49.6 Å². The molecule has 1 atom stereocenters. The van der Waals surface area contributed by atoms with Crippen LogP contribution in [0.2, 0.25) is 0 Å². The summed E-state index contributed by atoms with van der Waals surface area (Å²) in [5, 5.41) is 5.29. The molecule has 1 saturated heterocycles. The van der Waals surface area contributed by atoms with Crippen molar-refractivity contribution >= 4 is 47.1 Å². The van der Waals surface area contributed by atoms with Gasteiger partial charge in [-0.25, -0.2) is 9.79 Å². The van der Waals surface area contributed by atoms with Crippen LogP contribution in [0.4, 0.5) is 16.2 Å². The van der Waals surface area contributed by atoms with Crippen LogP contribution in [0.3, 0.4) is 0 Å². The molecule has 54 heavy (non-hydrogen) atoms. The minimum absolute atomic E-state index is 0.132. The highest BCUT2D eigenvalue weighted by Gasteiger charge is 2.36. The molecule has 0 amide bonds. The second kappa shape index (κ2) is 23.6. The van der Waals surface area contributed by atoms with Gasteiger partial charge in [0, 0.05) is 23.7 Å². The lowest BCUT2D eigenvalue weighted by Gasteiger charge is -2.42. The average Bonchev–Trinajstić information content (AvgIpc) is 3.45. The first kappa shape index (κ1) is 43.5. The summed E-state index contributed by atoms with van der Waals surface area (Å²) >= 11 is 1.86. The Hall–Kier alpha value is -3.25. The number of thioether (sulfide) groups is 1. The minimum Gasteiger partial charge on any atom is -0.462 e. The number of para-hydroxylation sites is 2. The molecule has 1 unspecified atom stereocenters. The van der Waals surface area contributed by atoms with E-state index in [4.69, 9.17) is 23.9 Å². The van der Waals surface area contributed by atoms with Gasteiger partial charge in [0.2, 0.25) is 6.73 Å². The number of aliphatic imine (C=N–C) groups is 1. The average molecular weight is 772 g/mol. The minimum atomic E-state index is -0.950. The number of quaternary nitrogens is 1. The maximum absolute atomic E-state index is 13.0. The van der Waals surface area contributed by atoms with Gasteiger partial charge in [-0.05, 0) is 31.4 Å². The van der Waals surface area contributed by atoms with Crippen LogP contribution < -0.4 is 5.32 Å². The molecule has 0 aliphatic carbocycles. The maximum Gasteiger partial charge on any atom is 0.513 e. The normalized spacial score (nSPS) is 17.6. The Balaban J connectivity index is 1.24. The number of rotatable bonds is 23. The van der Waals surface area contributed by atoms with Gasteiger partial charge in [0.15, 0.2) is 6.10 Å². The fourth-order valence-electron chi connectivity index (χ4n) is 6.99. The lowest BCUT2D eigenvalue weighted by Crippen LogP contribution is -2.59. The third-order valence-corrected chi connectivity index (χ3v) is 11.6. The number of carbonyl (C=O) groups is 3. The number of fused-ring (bicyclic) bond motifs is 1. The molecule has 1 fully saturated rings. The Bertz CT molecular complexity index is 1360. The molecule has 3 aliphatic heterocycles. The Morgan fingerprint density at radius 2 is 1.39 bits per heavy atom. The summed E-state index contributed by atoms with van der Waals surface area (Å²) < 4.78 is 22.8. The predicted octanol–water partition coefficient (Wildman–Crippen LogP) is 9.49. The summed E-state index contributed by atoms with van der Waals surface area (Å²) in [6.45, 7) is 9.42. The molecule has 0 aromatic heterocycles. The van der Waals surface area contributed by atoms with Crippen LogP contribution in [0.1, 0.15) is 130 Å². The van der Waals surface area contributed by atoms with Gasteiger partial charge in [0.25, 0.3) is 0 Å². The molecule has 1 aromatic rings. The molecule has 0 bridgehead atoms. The van der Waals surface area contributed by atoms with Crippen molar-refractivity contribution in [3.63, 3.8) is 0 Å². The van der Waals surface area contributed by atoms with Crippen LogP contribution >= 0.6 is 11.8 Å². The molecule has 1 N–H and O–H groups in total. The van der Waals surface area contributed by atoms with E-state index in [1.807, 2.05) is 30.0 Å². The Morgan fingerprint density at radius 1 is 0.833 bits per heavy atom. The molecule has 302 valence electrons. The highest BCUT2D eigenvalue weighted by Crippen LogP contribution is 2.43. The smallest absolute Gasteiger partial charge is 0.462 e. The molecule has 12 heteroatoms. The third kappa shape index (κ3) is 15.1. The molecule has 3 heterocycles. The number of likely N-dealkylation sites (N-methyl/N-ethyl adjacent to an activating group) is 1. The van der Waals surface area contributed by atoms with Crippen molar-refractivity contribution in [2.24, 2.45) is 4.99 Å². The van der Waals surface area contributed by atoms with Crippen molar-refractivity contribution in [3.05, 3.63) is 34.9 Å². The second-order valence-corrected chi connectivity index (χ2v) is 16.9. The van der Waals surface area contributed by atoms with Crippen LogP contribution in [-0.2, 0) is 28.5 Å². The highest BCUT2D eigenvalue weighted by molar-refractivity contribution is 8.04. The summed E-state index contributed by atoms with van der Waals surface area (Å²) in [7, 11) is 2.07. The highest BCUT2D eigenvalue weighted by atomic mass is 32.2. The van der Waals surface area contributed by atoms with Crippen molar-refractivity contribution in [3.8, 4) is 0 Å². The van der Waals surface area contributed by atoms with Gasteiger partial charge < -0.3 is 29.2 Å². The number of esters is 2. The second-order valence-electron chi connectivity index (χ2n) is 15.4. The van der Waals surface area contributed by atoms with Crippen molar-refractivity contribution in [1.82, 2.24) is 4.90 Å². The van der Waals surface area contributed by atoms with Crippen molar-refractivity contribution in [1.29, 1.82) is 0 Å². The maximum atomic E-state index is 13.0. The van der Waals surface area contributed by atoms with Gasteiger partial charge >= 0.3 is 18.1 Å². The third-order valence-electron chi connectivity index (χ3n) is 10.4. The fourth-order valence-corrected chi connectivity index (χ4v) is 8.12. The molecule has 1 aromatic carbocycles. The van der Waals surface area contributed by atoms with Crippen LogP contribution in [0.25, 0.3) is 0 Å². The van der Waals surface area contributed by atoms with Crippen molar-refractivity contribution < 1.29 is 37.8 Å². The van der Waals surface area contributed by atoms with Crippen LogP contribution in [0.5, 0.6) is 0 Å². The van der Waals surface area contributed by atoms with Crippen LogP contribution in [-0.4, -0.2) is 97.8 Å². The van der Waals surface area contributed by atoms with Gasteiger partial charge in [-0.1, -0.05) is 110 Å².